The van der Waals surface area contributed by atoms with E-state index in [1.54, 1.807) is 6.07 Å². The summed E-state index contributed by atoms with van der Waals surface area (Å²) in [6.07, 6.45) is 0.872. The van der Waals surface area contributed by atoms with E-state index in [1.807, 2.05) is 51.2 Å². The first-order valence-corrected chi connectivity index (χ1v) is 10.4. The fourth-order valence-electron chi connectivity index (χ4n) is 4.84. The lowest BCUT2D eigenvalue weighted by molar-refractivity contribution is -0.908. The van der Waals surface area contributed by atoms with E-state index in [4.69, 9.17) is 0 Å². The zero-order chi connectivity index (χ0) is 21.9. The van der Waals surface area contributed by atoms with Gasteiger partial charge in [0, 0.05) is 17.3 Å². The van der Waals surface area contributed by atoms with Gasteiger partial charge in [0.15, 0.2) is 6.04 Å². The topological polar surface area (TPSA) is 95.3 Å². The standard InChI is InChI=1S/C24H24N4O3/c1-13-7-6-10-18(14(13)2)28-23(30)19(22(29)26-24(28)31)21-20-16(11-12-27(21)3)15-8-4-5-9-17(15)25-20/h4-10,21,25,30H,11-12H2,1-3H3,(H,26,29,31)/p+1/t21-/m0/s1. The minimum atomic E-state index is -0.648. The molecule has 0 fully saturated rings. The molecule has 4 aromatic rings. The highest BCUT2D eigenvalue weighted by Gasteiger charge is 2.38. The van der Waals surface area contributed by atoms with Crippen LogP contribution < -0.4 is 16.1 Å². The molecule has 0 saturated heterocycles. The molecule has 0 bridgehead atoms. The predicted molar refractivity (Wildman–Crippen MR) is 119 cm³/mol. The van der Waals surface area contributed by atoms with Gasteiger partial charge >= 0.3 is 5.69 Å². The summed E-state index contributed by atoms with van der Waals surface area (Å²) in [4.78, 5) is 32.8. The van der Waals surface area contributed by atoms with Gasteiger partial charge in [-0.1, -0.05) is 30.3 Å². The summed E-state index contributed by atoms with van der Waals surface area (Å²) in [5.41, 5.74) is 4.50. The summed E-state index contributed by atoms with van der Waals surface area (Å²) in [6.45, 7) is 4.65. The van der Waals surface area contributed by atoms with Crippen LogP contribution >= 0.6 is 0 Å². The summed E-state index contributed by atoms with van der Waals surface area (Å²) in [6, 6.07) is 13.2. The Kier molecular flexibility index (Phi) is 4.37. The van der Waals surface area contributed by atoms with Gasteiger partial charge in [0.2, 0.25) is 5.88 Å². The molecule has 2 aromatic heterocycles. The number of likely N-dealkylation sites (N-methyl/N-ethyl adjacent to an activating group) is 1. The summed E-state index contributed by atoms with van der Waals surface area (Å²) in [5, 5.41) is 12.4. The van der Waals surface area contributed by atoms with E-state index in [0.29, 0.717) is 5.69 Å². The van der Waals surface area contributed by atoms with Gasteiger partial charge in [-0.3, -0.25) is 9.78 Å². The Morgan fingerprint density at radius 1 is 1.06 bits per heavy atom. The van der Waals surface area contributed by atoms with Crippen LogP contribution in [0.3, 0.4) is 0 Å². The molecule has 2 atom stereocenters. The molecule has 0 amide bonds. The van der Waals surface area contributed by atoms with Gasteiger partial charge in [-0.25, -0.2) is 9.36 Å². The van der Waals surface area contributed by atoms with Crippen molar-refractivity contribution in [2.45, 2.75) is 26.3 Å². The van der Waals surface area contributed by atoms with E-state index < -0.39 is 17.3 Å². The van der Waals surface area contributed by atoms with Crippen molar-refractivity contribution in [2.24, 2.45) is 0 Å². The van der Waals surface area contributed by atoms with Crippen LogP contribution in [0.25, 0.3) is 16.6 Å². The molecule has 1 aliphatic heterocycles. The van der Waals surface area contributed by atoms with Gasteiger partial charge in [0.05, 0.1) is 25.0 Å². The normalized spacial score (nSPS) is 18.3. The second-order valence-corrected chi connectivity index (χ2v) is 8.39. The Morgan fingerprint density at radius 2 is 1.84 bits per heavy atom. The van der Waals surface area contributed by atoms with E-state index in [-0.39, 0.29) is 11.4 Å². The number of rotatable bonds is 2. The summed E-state index contributed by atoms with van der Waals surface area (Å²) < 4.78 is 1.21. The lowest BCUT2D eigenvalue weighted by atomic mass is 9.93. The third-order valence-corrected chi connectivity index (χ3v) is 6.62. The maximum Gasteiger partial charge on any atom is 0.335 e. The van der Waals surface area contributed by atoms with Crippen molar-refractivity contribution in [1.82, 2.24) is 14.5 Å². The number of aromatic nitrogens is 3. The molecule has 3 heterocycles. The molecule has 7 heteroatoms. The van der Waals surface area contributed by atoms with Crippen molar-refractivity contribution in [3.63, 3.8) is 0 Å². The number of H-pyrrole nitrogens is 2. The highest BCUT2D eigenvalue weighted by Crippen LogP contribution is 2.33. The molecule has 5 rings (SSSR count). The molecule has 4 N–H and O–H groups in total. The van der Waals surface area contributed by atoms with Crippen molar-refractivity contribution >= 4 is 10.9 Å². The quantitative estimate of drug-likeness (QED) is 0.398. The lowest BCUT2D eigenvalue weighted by Gasteiger charge is -2.30. The van der Waals surface area contributed by atoms with E-state index in [0.717, 1.165) is 51.2 Å². The van der Waals surface area contributed by atoms with Crippen molar-refractivity contribution in [3.05, 3.63) is 91.3 Å². The molecule has 0 spiro atoms. The first kappa shape index (κ1) is 19.4. The van der Waals surface area contributed by atoms with Crippen molar-refractivity contribution in [1.29, 1.82) is 0 Å². The van der Waals surface area contributed by atoms with E-state index >= 15 is 0 Å². The average molecular weight is 417 g/mol. The van der Waals surface area contributed by atoms with Crippen LogP contribution in [-0.2, 0) is 6.42 Å². The molecule has 0 radical (unpaired) electrons. The van der Waals surface area contributed by atoms with E-state index in [1.165, 1.54) is 4.57 Å². The van der Waals surface area contributed by atoms with Gasteiger partial charge in [0.1, 0.15) is 5.56 Å². The fourth-order valence-corrected chi connectivity index (χ4v) is 4.84. The van der Waals surface area contributed by atoms with Gasteiger partial charge < -0.3 is 15.0 Å². The Hall–Kier alpha value is -3.58. The molecule has 2 aromatic carbocycles. The summed E-state index contributed by atoms with van der Waals surface area (Å²) in [7, 11) is 2.01. The summed E-state index contributed by atoms with van der Waals surface area (Å²) in [5.74, 6) is -0.307. The number of hydrogen-bond donors (Lipinski definition) is 4. The second kappa shape index (κ2) is 6.99. The number of benzene rings is 2. The fraction of sp³-hybridized carbons (Fsp3) is 0.250. The number of fused-ring (bicyclic) bond motifs is 3. The molecule has 1 aliphatic rings. The maximum absolute atomic E-state index is 13.0. The highest BCUT2D eigenvalue weighted by molar-refractivity contribution is 5.85. The number of aromatic hydroxyl groups is 1. The van der Waals surface area contributed by atoms with Crippen LogP contribution in [0.1, 0.15) is 34.0 Å². The Balaban J connectivity index is 1.80. The number of nitrogens with zero attached hydrogens (tertiary/aromatic N) is 1. The molecule has 158 valence electrons. The number of quaternary nitrogens is 1. The Morgan fingerprint density at radius 3 is 2.65 bits per heavy atom. The minimum absolute atomic E-state index is 0.200. The number of aromatic amines is 2. The first-order chi connectivity index (χ1) is 14.9. The number of aryl methyl sites for hydroxylation is 1. The number of hydrogen-bond acceptors (Lipinski definition) is 3. The van der Waals surface area contributed by atoms with Crippen molar-refractivity contribution in [3.8, 4) is 11.6 Å². The maximum atomic E-state index is 13.0. The SMILES string of the molecule is Cc1cccc(-n2c(O)c([C@H]3c4[nH]c5ccccc5c4CC[NH+]3C)c(=O)[nH]c2=O)c1C. The van der Waals surface area contributed by atoms with Crippen molar-refractivity contribution < 1.29 is 10.0 Å². The molecule has 7 nitrogen and oxygen atoms in total. The number of nitrogens with one attached hydrogen (secondary N) is 3. The zero-order valence-corrected chi connectivity index (χ0v) is 17.7. The molecular weight excluding hydrogens is 392 g/mol. The van der Waals surface area contributed by atoms with Crippen LogP contribution in [0, 0.1) is 13.8 Å². The van der Waals surface area contributed by atoms with E-state index in [9.17, 15) is 14.7 Å². The second-order valence-electron chi connectivity index (χ2n) is 8.39. The van der Waals surface area contributed by atoms with Crippen molar-refractivity contribution in [2.75, 3.05) is 13.6 Å². The first-order valence-electron chi connectivity index (χ1n) is 10.4. The molecule has 1 unspecified atom stereocenters. The van der Waals surface area contributed by atoms with Crippen LogP contribution in [0.4, 0.5) is 0 Å². The van der Waals surface area contributed by atoms with Crippen LogP contribution in [0.15, 0.2) is 52.1 Å². The molecule has 0 saturated carbocycles. The predicted octanol–water partition coefficient (Wildman–Crippen LogP) is 1.49. The van der Waals surface area contributed by atoms with Gasteiger partial charge in [-0.15, -0.1) is 0 Å². The largest absolute Gasteiger partial charge is 0.494 e. The highest BCUT2D eigenvalue weighted by atomic mass is 16.3. The van der Waals surface area contributed by atoms with Gasteiger partial charge in [-0.05, 0) is 42.7 Å². The van der Waals surface area contributed by atoms with Gasteiger partial charge in [-0.2, -0.15) is 0 Å². The molecular formula is C24H25N4O3+. The monoisotopic (exact) mass is 417 g/mol. The van der Waals surface area contributed by atoms with Crippen LogP contribution in [0.2, 0.25) is 0 Å². The van der Waals surface area contributed by atoms with Crippen LogP contribution in [-0.4, -0.2) is 33.2 Å². The molecule has 31 heavy (non-hydrogen) atoms. The Bertz CT molecular complexity index is 1440. The third kappa shape index (κ3) is 2.84. The lowest BCUT2D eigenvalue weighted by Crippen LogP contribution is -3.10. The zero-order valence-electron chi connectivity index (χ0n) is 17.7. The number of para-hydroxylation sites is 1. The minimum Gasteiger partial charge on any atom is -0.494 e. The van der Waals surface area contributed by atoms with Crippen LogP contribution in [0.5, 0.6) is 5.88 Å². The van der Waals surface area contributed by atoms with Gasteiger partial charge in [0.25, 0.3) is 5.56 Å². The van der Waals surface area contributed by atoms with E-state index in [2.05, 4.69) is 16.0 Å². The average Bonchev–Trinajstić information content (AvgIpc) is 3.11. The summed E-state index contributed by atoms with van der Waals surface area (Å²) >= 11 is 0. The smallest absolute Gasteiger partial charge is 0.335 e. The Labute approximate surface area is 178 Å². The third-order valence-electron chi connectivity index (χ3n) is 6.62. The molecule has 0 aliphatic carbocycles.